The first kappa shape index (κ1) is 18.6. The smallest absolute Gasteiger partial charge is 0.242 e. The molecule has 0 bridgehead atoms. The largest absolute Gasteiger partial charge is 0.497 e. The van der Waals surface area contributed by atoms with Crippen LogP contribution in [0.15, 0.2) is 42.5 Å². The van der Waals surface area contributed by atoms with E-state index in [1.807, 2.05) is 0 Å². The molecule has 132 valence electrons. The molecule has 0 unspecified atom stereocenters. The van der Waals surface area contributed by atoms with E-state index in [2.05, 4.69) is 10.9 Å². The van der Waals surface area contributed by atoms with E-state index in [4.69, 9.17) is 21.1 Å². The van der Waals surface area contributed by atoms with Crippen molar-refractivity contribution in [1.29, 1.82) is 0 Å². The first-order valence-electron chi connectivity index (χ1n) is 7.55. The van der Waals surface area contributed by atoms with Gasteiger partial charge in [0.15, 0.2) is 0 Å². The maximum absolute atomic E-state index is 12.0. The zero-order valence-electron chi connectivity index (χ0n) is 14.0. The summed E-state index contributed by atoms with van der Waals surface area (Å²) in [5, 5.41) is 0.602. The monoisotopic (exact) mass is 362 g/mol. The summed E-state index contributed by atoms with van der Waals surface area (Å²) in [4.78, 5) is 23.9. The third-order valence-corrected chi connectivity index (χ3v) is 3.71. The second-order valence-corrected chi connectivity index (χ2v) is 5.69. The first-order valence-corrected chi connectivity index (χ1v) is 7.92. The molecule has 7 heteroatoms. The van der Waals surface area contributed by atoms with Crippen LogP contribution in [-0.2, 0) is 22.4 Å². The van der Waals surface area contributed by atoms with Crippen LogP contribution in [0.5, 0.6) is 11.5 Å². The van der Waals surface area contributed by atoms with Gasteiger partial charge in [-0.05, 0) is 35.9 Å². The normalized spacial score (nSPS) is 10.0. The number of rotatable bonds is 6. The van der Waals surface area contributed by atoms with Crippen molar-refractivity contribution < 1.29 is 19.1 Å². The predicted octanol–water partition coefficient (Wildman–Crippen LogP) is 2.29. The van der Waals surface area contributed by atoms with Gasteiger partial charge in [0.1, 0.15) is 11.5 Å². The zero-order valence-corrected chi connectivity index (χ0v) is 14.7. The second kappa shape index (κ2) is 8.94. The van der Waals surface area contributed by atoms with Crippen molar-refractivity contribution in [2.24, 2.45) is 0 Å². The molecule has 0 aliphatic carbocycles. The van der Waals surface area contributed by atoms with Crippen molar-refractivity contribution in [3.05, 3.63) is 58.6 Å². The molecule has 0 aliphatic rings. The summed E-state index contributed by atoms with van der Waals surface area (Å²) in [7, 11) is 3.07. The summed E-state index contributed by atoms with van der Waals surface area (Å²) in [6, 6.07) is 12.1. The lowest BCUT2D eigenvalue weighted by atomic mass is 10.1. The standard InChI is InChI=1S/C18H19ClN2O4/c1-24-15-7-8-16(25-2)13(10-15)11-18(23)21-20-17(22)9-12-3-5-14(19)6-4-12/h3-8,10H,9,11H2,1-2H3,(H,20,22)(H,21,23). The molecule has 0 aliphatic heterocycles. The van der Waals surface area contributed by atoms with Crippen LogP contribution in [0.2, 0.25) is 5.02 Å². The highest BCUT2D eigenvalue weighted by molar-refractivity contribution is 6.30. The van der Waals surface area contributed by atoms with E-state index < -0.39 is 0 Å². The third kappa shape index (κ3) is 5.69. The predicted molar refractivity (Wildman–Crippen MR) is 94.7 cm³/mol. The lowest BCUT2D eigenvalue weighted by Gasteiger charge is -2.11. The van der Waals surface area contributed by atoms with Gasteiger partial charge >= 0.3 is 0 Å². The summed E-state index contributed by atoms with van der Waals surface area (Å²) >= 11 is 5.80. The van der Waals surface area contributed by atoms with E-state index in [-0.39, 0.29) is 24.7 Å². The number of carbonyl (C=O) groups is 2. The van der Waals surface area contributed by atoms with Crippen molar-refractivity contribution in [3.63, 3.8) is 0 Å². The van der Waals surface area contributed by atoms with Gasteiger partial charge in [0.25, 0.3) is 0 Å². The number of halogens is 1. The molecule has 2 aromatic carbocycles. The quantitative estimate of drug-likeness (QED) is 0.773. The molecule has 2 N–H and O–H groups in total. The molecule has 2 aromatic rings. The van der Waals surface area contributed by atoms with E-state index in [1.165, 1.54) is 7.11 Å². The van der Waals surface area contributed by atoms with Crippen LogP contribution in [0.25, 0.3) is 0 Å². The fraction of sp³-hybridized carbons (Fsp3) is 0.222. The van der Waals surface area contributed by atoms with Crippen molar-refractivity contribution >= 4 is 23.4 Å². The molecule has 2 rings (SSSR count). The molecule has 0 aromatic heterocycles. The van der Waals surface area contributed by atoms with Crippen LogP contribution in [0.4, 0.5) is 0 Å². The molecule has 2 amide bonds. The lowest BCUT2D eigenvalue weighted by Crippen LogP contribution is -2.43. The van der Waals surface area contributed by atoms with E-state index in [0.717, 1.165) is 5.56 Å². The van der Waals surface area contributed by atoms with Crippen LogP contribution in [0, 0.1) is 0 Å². The van der Waals surface area contributed by atoms with E-state index >= 15 is 0 Å². The second-order valence-electron chi connectivity index (χ2n) is 5.25. The van der Waals surface area contributed by atoms with Crippen LogP contribution >= 0.6 is 11.6 Å². The number of amides is 2. The fourth-order valence-electron chi connectivity index (χ4n) is 2.21. The fourth-order valence-corrected chi connectivity index (χ4v) is 2.33. The number of hydrogen-bond acceptors (Lipinski definition) is 4. The highest BCUT2D eigenvalue weighted by atomic mass is 35.5. The summed E-state index contributed by atoms with van der Waals surface area (Å²) in [5.41, 5.74) is 6.23. The van der Waals surface area contributed by atoms with Gasteiger partial charge in [-0.1, -0.05) is 23.7 Å². The number of carbonyl (C=O) groups excluding carboxylic acids is 2. The summed E-state index contributed by atoms with van der Waals surface area (Å²) in [6.45, 7) is 0. The Morgan fingerprint density at radius 1 is 0.920 bits per heavy atom. The Morgan fingerprint density at radius 3 is 2.16 bits per heavy atom. The molecule has 0 heterocycles. The highest BCUT2D eigenvalue weighted by Crippen LogP contribution is 2.24. The Kier molecular flexibility index (Phi) is 6.65. The molecule has 0 fully saturated rings. The van der Waals surface area contributed by atoms with Gasteiger partial charge < -0.3 is 9.47 Å². The van der Waals surface area contributed by atoms with Crippen molar-refractivity contribution in [2.45, 2.75) is 12.8 Å². The van der Waals surface area contributed by atoms with E-state index in [9.17, 15) is 9.59 Å². The molecule has 0 saturated heterocycles. The van der Waals surface area contributed by atoms with Crippen molar-refractivity contribution in [1.82, 2.24) is 10.9 Å². The molecular weight excluding hydrogens is 344 g/mol. The van der Waals surface area contributed by atoms with Gasteiger partial charge in [-0.15, -0.1) is 0 Å². The maximum atomic E-state index is 12.0. The zero-order chi connectivity index (χ0) is 18.2. The summed E-state index contributed by atoms with van der Waals surface area (Å²) in [5.74, 6) is 0.503. The van der Waals surface area contributed by atoms with E-state index in [0.29, 0.717) is 22.1 Å². The van der Waals surface area contributed by atoms with Crippen molar-refractivity contribution in [2.75, 3.05) is 14.2 Å². The molecule has 25 heavy (non-hydrogen) atoms. The molecule has 0 saturated carbocycles. The van der Waals surface area contributed by atoms with Gasteiger partial charge in [-0.25, -0.2) is 0 Å². The van der Waals surface area contributed by atoms with Crippen LogP contribution < -0.4 is 20.3 Å². The number of benzene rings is 2. The Balaban J connectivity index is 1.88. The molecule has 0 spiro atoms. The van der Waals surface area contributed by atoms with Gasteiger partial charge in [-0.2, -0.15) is 0 Å². The van der Waals surface area contributed by atoms with Gasteiger partial charge in [0.2, 0.25) is 11.8 Å². The Labute approximate surface area is 151 Å². The Bertz CT molecular complexity index is 747. The molecular formula is C18H19ClN2O4. The minimum Gasteiger partial charge on any atom is -0.497 e. The highest BCUT2D eigenvalue weighted by Gasteiger charge is 2.11. The summed E-state index contributed by atoms with van der Waals surface area (Å²) in [6.07, 6.45) is 0.182. The van der Waals surface area contributed by atoms with Gasteiger partial charge in [-0.3, -0.25) is 20.4 Å². The minimum atomic E-state index is -0.365. The number of nitrogens with one attached hydrogen (secondary N) is 2. The number of ether oxygens (including phenoxy) is 2. The number of hydrazine groups is 1. The Hall–Kier alpha value is -2.73. The lowest BCUT2D eigenvalue weighted by molar-refractivity contribution is -0.128. The van der Waals surface area contributed by atoms with E-state index in [1.54, 1.807) is 49.6 Å². The van der Waals surface area contributed by atoms with Crippen LogP contribution in [0.3, 0.4) is 0 Å². The van der Waals surface area contributed by atoms with Gasteiger partial charge in [0.05, 0.1) is 27.1 Å². The summed E-state index contributed by atoms with van der Waals surface area (Å²) < 4.78 is 10.4. The minimum absolute atomic E-state index is 0.0433. The number of methoxy groups -OCH3 is 2. The molecule has 6 nitrogen and oxygen atoms in total. The molecule has 0 radical (unpaired) electrons. The van der Waals surface area contributed by atoms with Crippen LogP contribution in [0.1, 0.15) is 11.1 Å². The Morgan fingerprint density at radius 2 is 1.56 bits per heavy atom. The maximum Gasteiger partial charge on any atom is 0.242 e. The first-order chi connectivity index (χ1) is 12.0. The number of hydrogen-bond donors (Lipinski definition) is 2. The third-order valence-electron chi connectivity index (χ3n) is 3.46. The van der Waals surface area contributed by atoms with Crippen LogP contribution in [-0.4, -0.2) is 26.0 Å². The molecule has 0 atom stereocenters. The average Bonchev–Trinajstić information content (AvgIpc) is 2.62. The van der Waals surface area contributed by atoms with Gasteiger partial charge in [0, 0.05) is 10.6 Å². The topological polar surface area (TPSA) is 76.7 Å². The SMILES string of the molecule is COc1ccc(OC)c(CC(=O)NNC(=O)Cc2ccc(Cl)cc2)c1. The van der Waals surface area contributed by atoms with Crippen molar-refractivity contribution in [3.8, 4) is 11.5 Å². The average molecular weight is 363 g/mol.